The Kier molecular flexibility index (Phi) is 4.69. The summed E-state index contributed by atoms with van der Waals surface area (Å²) in [5.41, 5.74) is 1.09. The van der Waals surface area contributed by atoms with Crippen LogP contribution in [0.1, 0.15) is 44.6 Å². The van der Waals surface area contributed by atoms with E-state index in [1.165, 1.54) is 37.0 Å². The van der Waals surface area contributed by atoms with Crippen molar-refractivity contribution in [2.24, 2.45) is 5.92 Å². The van der Waals surface area contributed by atoms with Gasteiger partial charge in [-0.15, -0.1) is 11.3 Å². The van der Waals surface area contributed by atoms with Crippen LogP contribution >= 0.6 is 11.3 Å². The van der Waals surface area contributed by atoms with Gasteiger partial charge in [-0.25, -0.2) is 8.42 Å². The van der Waals surface area contributed by atoms with Gasteiger partial charge in [0.2, 0.25) is 0 Å². The van der Waals surface area contributed by atoms with E-state index in [4.69, 9.17) is 0 Å². The molecule has 2 aliphatic carbocycles. The molecule has 0 bridgehead atoms. The van der Waals surface area contributed by atoms with Gasteiger partial charge in [0.05, 0.1) is 0 Å². The number of thiophene rings is 1. The van der Waals surface area contributed by atoms with Gasteiger partial charge >= 0.3 is 0 Å². The third kappa shape index (κ3) is 4.06. The molecule has 2 fully saturated rings. The zero-order valence-corrected chi connectivity index (χ0v) is 14.2. The molecular weight excluding hydrogens is 304 g/mol. The molecule has 0 saturated heterocycles. The minimum Gasteiger partial charge on any atom is -0.310 e. The fraction of sp³-hybridized carbons (Fsp3) is 0.733. The van der Waals surface area contributed by atoms with Crippen LogP contribution in [-0.4, -0.2) is 31.9 Å². The molecule has 0 amide bonds. The van der Waals surface area contributed by atoms with Crippen LogP contribution in [0.5, 0.6) is 0 Å². The molecule has 21 heavy (non-hydrogen) atoms. The maximum atomic E-state index is 12.8. The second-order valence-corrected chi connectivity index (χ2v) is 9.31. The van der Waals surface area contributed by atoms with Crippen LogP contribution in [0, 0.1) is 5.92 Å². The number of sulfonamides is 1. The predicted octanol–water partition coefficient (Wildman–Crippen LogP) is 2.81. The molecule has 0 unspecified atom stereocenters. The second-order valence-electron chi connectivity index (χ2n) is 6.24. The Balaban J connectivity index is 1.68. The third-order valence-electron chi connectivity index (χ3n) is 4.03. The lowest BCUT2D eigenvalue weighted by molar-refractivity contribution is 0.397. The molecule has 1 N–H and O–H groups in total. The summed E-state index contributed by atoms with van der Waals surface area (Å²) < 4.78 is 27.7. The van der Waals surface area contributed by atoms with E-state index in [9.17, 15) is 8.42 Å². The highest BCUT2D eigenvalue weighted by atomic mass is 32.2. The first-order valence-electron chi connectivity index (χ1n) is 7.90. The molecule has 1 aromatic rings. The van der Waals surface area contributed by atoms with E-state index in [2.05, 4.69) is 5.32 Å². The van der Waals surface area contributed by atoms with E-state index < -0.39 is 10.0 Å². The lowest BCUT2D eigenvalue weighted by atomic mass is 10.3. The number of nitrogens with one attached hydrogen (secondary N) is 1. The highest BCUT2D eigenvalue weighted by Crippen LogP contribution is 2.33. The SMILES string of the molecule is CCCN(CC1CC1)S(=O)(=O)c1cc(CNC2CC2)cs1. The van der Waals surface area contributed by atoms with Crippen molar-refractivity contribution < 1.29 is 8.42 Å². The van der Waals surface area contributed by atoms with Gasteiger partial charge in [0, 0.05) is 25.7 Å². The normalized spacial score (nSPS) is 19.3. The third-order valence-corrected chi connectivity index (χ3v) is 7.36. The summed E-state index contributed by atoms with van der Waals surface area (Å²) in [6.45, 7) is 4.15. The fourth-order valence-corrected chi connectivity index (χ4v) is 5.38. The van der Waals surface area contributed by atoms with Gasteiger partial charge in [-0.3, -0.25) is 0 Å². The Hall–Kier alpha value is -0.430. The van der Waals surface area contributed by atoms with Crippen molar-refractivity contribution in [3.8, 4) is 0 Å². The highest BCUT2D eigenvalue weighted by molar-refractivity contribution is 7.91. The zero-order chi connectivity index (χ0) is 14.9. The predicted molar refractivity (Wildman–Crippen MR) is 86.0 cm³/mol. The van der Waals surface area contributed by atoms with E-state index in [0.29, 0.717) is 29.3 Å². The Morgan fingerprint density at radius 3 is 2.71 bits per heavy atom. The summed E-state index contributed by atoms with van der Waals surface area (Å²) in [6.07, 6.45) is 5.73. The van der Waals surface area contributed by atoms with Crippen molar-refractivity contribution >= 4 is 21.4 Å². The van der Waals surface area contributed by atoms with Gasteiger partial charge < -0.3 is 5.32 Å². The minimum atomic E-state index is -3.30. The average molecular weight is 329 g/mol. The van der Waals surface area contributed by atoms with Crippen molar-refractivity contribution in [3.05, 3.63) is 17.0 Å². The molecule has 2 aliphatic rings. The molecular formula is C15H24N2O2S2. The van der Waals surface area contributed by atoms with E-state index in [1.807, 2.05) is 18.4 Å². The molecule has 0 radical (unpaired) electrons. The highest BCUT2D eigenvalue weighted by Gasteiger charge is 2.32. The Morgan fingerprint density at radius 1 is 1.33 bits per heavy atom. The lowest BCUT2D eigenvalue weighted by Gasteiger charge is -2.20. The first-order chi connectivity index (χ1) is 10.1. The molecule has 1 aromatic heterocycles. The molecule has 3 rings (SSSR count). The van der Waals surface area contributed by atoms with Crippen molar-refractivity contribution in [1.29, 1.82) is 0 Å². The zero-order valence-electron chi connectivity index (χ0n) is 12.5. The van der Waals surface area contributed by atoms with Crippen molar-refractivity contribution in [1.82, 2.24) is 9.62 Å². The lowest BCUT2D eigenvalue weighted by Crippen LogP contribution is -2.33. The van der Waals surface area contributed by atoms with Gasteiger partial charge in [-0.2, -0.15) is 4.31 Å². The monoisotopic (exact) mass is 328 g/mol. The van der Waals surface area contributed by atoms with Crippen LogP contribution in [0.2, 0.25) is 0 Å². The molecule has 6 heteroatoms. The number of hydrogen-bond donors (Lipinski definition) is 1. The van der Waals surface area contributed by atoms with Crippen LogP contribution in [-0.2, 0) is 16.6 Å². The molecule has 0 aliphatic heterocycles. The Bertz CT molecular complexity index is 574. The summed E-state index contributed by atoms with van der Waals surface area (Å²) in [4.78, 5) is 0. The number of nitrogens with zero attached hydrogens (tertiary/aromatic N) is 1. The standard InChI is InChI=1S/C15H24N2O2S2/c1-2-7-17(10-12-3-4-12)21(18,19)15-8-13(11-20-15)9-16-14-5-6-14/h8,11-12,14,16H,2-7,9-10H2,1H3. The largest absolute Gasteiger partial charge is 0.310 e. The molecule has 0 atom stereocenters. The molecule has 0 aromatic carbocycles. The van der Waals surface area contributed by atoms with Crippen LogP contribution in [0.3, 0.4) is 0 Å². The van der Waals surface area contributed by atoms with Gasteiger partial charge in [0.25, 0.3) is 10.0 Å². The minimum absolute atomic E-state index is 0.504. The van der Waals surface area contributed by atoms with E-state index >= 15 is 0 Å². The van der Waals surface area contributed by atoms with Crippen LogP contribution in [0.15, 0.2) is 15.7 Å². The van der Waals surface area contributed by atoms with Crippen molar-refractivity contribution in [2.45, 2.75) is 55.8 Å². The summed E-state index contributed by atoms with van der Waals surface area (Å²) >= 11 is 1.36. The fourth-order valence-electron chi connectivity index (χ4n) is 2.41. The molecule has 2 saturated carbocycles. The number of hydrogen-bond acceptors (Lipinski definition) is 4. The van der Waals surface area contributed by atoms with Crippen molar-refractivity contribution in [3.63, 3.8) is 0 Å². The summed E-state index contributed by atoms with van der Waals surface area (Å²) in [5.74, 6) is 0.585. The maximum Gasteiger partial charge on any atom is 0.252 e. The average Bonchev–Trinajstić information content (AvgIpc) is 3.37. The first-order valence-corrected chi connectivity index (χ1v) is 10.2. The Morgan fingerprint density at radius 2 is 2.10 bits per heavy atom. The van der Waals surface area contributed by atoms with Crippen molar-refractivity contribution in [2.75, 3.05) is 13.1 Å². The summed E-state index contributed by atoms with van der Waals surface area (Å²) in [5, 5.41) is 5.41. The Labute approximate surface area is 131 Å². The molecule has 1 heterocycles. The number of rotatable bonds is 9. The summed E-state index contributed by atoms with van der Waals surface area (Å²) in [6, 6.07) is 2.50. The van der Waals surface area contributed by atoms with E-state index in [-0.39, 0.29) is 0 Å². The molecule has 0 spiro atoms. The molecule has 118 valence electrons. The smallest absolute Gasteiger partial charge is 0.252 e. The molecule has 4 nitrogen and oxygen atoms in total. The van der Waals surface area contributed by atoms with Crippen LogP contribution in [0.25, 0.3) is 0 Å². The van der Waals surface area contributed by atoms with Gasteiger partial charge in [0.15, 0.2) is 0 Å². The van der Waals surface area contributed by atoms with Gasteiger partial charge in [0.1, 0.15) is 4.21 Å². The van der Waals surface area contributed by atoms with Crippen LogP contribution < -0.4 is 5.32 Å². The van der Waals surface area contributed by atoms with Gasteiger partial charge in [-0.05, 0) is 55.0 Å². The summed E-state index contributed by atoms with van der Waals surface area (Å²) in [7, 11) is -3.30. The first kappa shape index (κ1) is 15.5. The quantitative estimate of drug-likeness (QED) is 0.758. The van der Waals surface area contributed by atoms with E-state index in [0.717, 1.165) is 18.5 Å². The van der Waals surface area contributed by atoms with Crippen LogP contribution in [0.4, 0.5) is 0 Å². The van der Waals surface area contributed by atoms with E-state index in [1.54, 1.807) is 4.31 Å². The topological polar surface area (TPSA) is 49.4 Å². The second kappa shape index (κ2) is 6.36. The maximum absolute atomic E-state index is 12.8. The van der Waals surface area contributed by atoms with Gasteiger partial charge in [-0.1, -0.05) is 6.92 Å².